The second kappa shape index (κ2) is 73.6. The molecule has 0 aliphatic rings. The predicted molar refractivity (Wildman–Crippen MR) is 414 cm³/mol. The van der Waals surface area contributed by atoms with Gasteiger partial charge in [-0.05, 0) is 37.5 Å². The smallest absolute Gasteiger partial charge is 0.462 e. The monoisotopic (exact) mass is 1480 g/mol. The van der Waals surface area contributed by atoms with Crippen LogP contribution >= 0.6 is 15.6 Å². The van der Waals surface area contributed by atoms with E-state index < -0.39 is 97.5 Å². The third kappa shape index (κ3) is 74.7. The van der Waals surface area contributed by atoms with Crippen molar-refractivity contribution >= 4 is 39.5 Å². The molecular formula is C82H160O17P2. The fourth-order valence-electron chi connectivity index (χ4n) is 12.7. The molecule has 6 atom stereocenters. The maximum Gasteiger partial charge on any atom is 0.472 e. The van der Waals surface area contributed by atoms with Gasteiger partial charge in [0.15, 0.2) is 12.2 Å². The topological polar surface area (TPSA) is 237 Å². The molecule has 0 aromatic carbocycles. The normalized spacial score (nSPS) is 14.2. The Balaban J connectivity index is 5.12. The average molecular weight is 1480 g/mol. The van der Waals surface area contributed by atoms with Gasteiger partial charge in [0.2, 0.25) is 0 Å². The Labute approximate surface area is 619 Å². The van der Waals surface area contributed by atoms with Crippen LogP contribution in [-0.4, -0.2) is 96.7 Å². The highest BCUT2D eigenvalue weighted by molar-refractivity contribution is 7.47. The number of hydrogen-bond acceptors (Lipinski definition) is 15. The largest absolute Gasteiger partial charge is 0.472 e. The van der Waals surface area contributed by atoms with Crippen molar-refractivity contribution < 1.29 is 80.2 Å². The summed E-state index contributed by atoms with van der Waals surface area (Å²) in [7, 11) is -9.91. The summed E-state index contributed by atoms with van der Waals surface area (Å²) in [6.45, 7) is 9.63. The van der Waals surface area contributed by atoms with Crippen molar-refractivity contribution in [2.75, 3.05) is 39.6 Å². The van der Waals surface area contributed by atoms with Crippen LogP contribution < -0.4 is 0 Å². The minimum atomic E-state index is -4.96. The Bertz CT molecular complexity index is 1940. The zero-order chi connectivity index (χ0) is 74.2. The molecule has 17 nitrogen and oxygen atoms in total. The quantitative estimate of drug-likeness (QED) is 0.0222. The van der Waals surface area contributed by atoms with Crippen LogP contribution in [0.4, 0.5) is 0 Å². The van der Waals surface area contributed by atoms with E-state index in [0.29, 0.717) is 25.7 Å². The molecule has 0 rings (SSSR count). The van der Waals surface area contributed by atoms with Crippen LogP contribution in [-0.2, 0) is 65.4 Å². The summed E-state index contributed by atoms with van der Waals surface area (Å²) in [5.41, 5.74) is 0. The van der Waals surface area contributed by atoms with E-state index in [1.165, 1.54) is 244 Å². The number of carbonyl (C=O) groups excluding carboxylic acids is 4. The van der Waals surface area contributed by atoms with Crippen molar-refractivity contribution in [2.45, 2.75) is 452 Å². The summed E-state index contributed by atoms with van der Waals surface area (Å²) in [6, 6.07) is 0. The minimum absolute atomic E-state index is 0.107. The third-order valence-corrected chi connectivity index (χ3v) is 21.5. The maximum absolute atomic E-state index is 13.1. The molecule has 3 N–H and O–H groups in total. The van der Waals surface area contributed by atoms with Gasteiger partial charge in [-0.2, -0.15) is 0 Å². The fraction of sp³-hybridized carbons (Fsp3) is 0.951. The number of esters is 4. The molecule has 0 saturated heterocycles. The molecule has 0 spiro atoms. The summed E-state index contributed by atoms with van der Waals surface area (Å²) in [4.78, 5) is 72.8. The van der Waals surface area contributed by atoms with Gasteiger partial charge in [0.05, 0.1) is 26.4 Å². The van der Waals surface area contributed by atoms with Gasteiger partial charge in [0, 0.05) is 25.7 Å². The van der Waals surface area contributed by atoms with E-state index in [1.807, 2.05) is 0 Å². The molecule has 0 aliphatic heterocycles. The number of aliphatic hydroxyl groups is 1. The molecule has 0 aromatic heterocycles. The van der Waals surface area contributed by atoms with Gasteiger partial charge < -0.3 is 33.8 Å². The highest BCUT2D eigenvalue weighted by Gasteiger charge is 2.30. The first-order valence-corrected chi connectivity index (χ1v) is 45.5. The molecule has 600 valence electrons. The van der Waals surface area contributed by atoms with Gasteiger partial charge in [-0.1, -0.05) is 382 Å². The zero-order valence-corrected chi connectivity index (χ0v) is 68.0. The first-order chi connectivity index (χ1) is 48.9. The van der Waals surface area contributed by atoms with Crippen molar-refractivity contribution in [1.29, 1.82) is 0 Å². The van der Waals surface area contributed by atoms with Crippen molar-refractivity contribution in [3.63, 3.8) is 0 Å². The second-order valence-electron chi connectivity index (χ2n) is 30.2. The van der Waals surface area contributed by atoms with Crippen molar-refractivity contribution in [2.24, 2.45) is 11.8 Å². The molecule has 0 heterocycles. The lowest BCUT2D eigenvalue weighted by atomic mass is 9.99. The van der Waals surface area contributed by atoms with E-state index in [0.717, 1.165) is 108 Å². The highest BCUT2D eigenvalue weighted by atomic mass is 31.2. The number of unbranched alkanes of at least 4 members (excludes halogenated alkanes) is 50. The van der Waals surface area contributed by atoms with E-state index >= 15 is 0 Å². The van der Waals surface area contributed by atoms with Crippen molar-refractivity contribution in [1.82, 2.24) is 0 Å². The minimum Gasteiger partial charge on any atom is -0.462 e. The van der Waals surface area contributed by atoms with Gasteiger partial charge in [0.1, 0.15) is 19.3 Å². The molecule has 0 aliphatic carbocycles. The molecule has 19 heteroatoms. The lowest BCUT2D eigenvalue weighted by Crippen LogP contribution is -2.30. The number of phosphoric ester groups is 2. The molecule has 0 fully saturated rings. The molecule has 0 saturated carbocycles. The van der Waals surface area contributed by atoms with Gasteiger partial charge in [-0.3, -0.25) is 37.3 Å². The Kier molecular flexibility index (Phi) is 72.2. The molecular weight excluding hydrogens is 1320 g/mol. The van der Waals surface area contributed by atoms with Crippen molar-refractivity contribution in [3.8, 4) is 0 Å². The van der Waals surface area contributed by atoms with Crippen LogP contribution in [0, 0.1) is 11.8 Å². The van der Waals surface area contributed by atoms with Crippen LogP contribution in [0.5, 0.6) is 0 Å². The summed E-state index contributed by atoms with van der Waals surface area (Å²) < 4.78 is 68.5. The third-order valence-electron chi connectivity index (χ3n) is 19.6. The lowest BCUT2D eigenvalue weighted by Gasteiger charge is -2.21. The molecule has 0 bridgehead atoms. The van der Waals surface area contributed by atoms with E-state index in [2.05, 4.69) is 41.5 Å². The molecule has 0 amide bonds. The number of phosphoric acid groups is 2. The Morgan fingerprint density at radius 3 is 0.752 bits per heavy atom. The summed E-state index contributed by atoms with van der Waals surface area (Å²) in [6.07, 6.45) is 64.3. The van der Waals surface area contributed by atoms with E-state index in [9.17, 15) is 43.2 Å². The van der Waals surface area contributed by atoms with Crippen molar-refractivity contribution in [3.05, 3.63) is 0 Å². The number of rotatable bonds is 81. The molecule has 0 radical (unpaired) electrons. The number of aliphatic hydroxyl groups excluding tert-OH is 1. The first-order valence-electron chi connectivity index (χ1n) is 42.5. The first kappa shape index (κ1) is 99.1. The lowest BCUT2D eigenvalue weighted by molar-refractivity contribution is -0.161. The van der Waals surface area contributed by atoms with Gasteiger partial charge in [0.25, 0.3) is 0 Å². The zero-order valence-electron chi connectivity index (χ0n) is 66.2. The van der Waals surface area contributed by atoms with Crippen LogP contribution in [0.15, 0.2) is 0 Å². The number of carbonyl (C=O) groups is 4. The van der Waals surface area contributed by atoms with Gasteiger partial charge in [-0.15, -0.1) is 0 Å². The number of hydrogen-bond donors (Lipinski definition) is 3. The summed E-state index contributed by atoms with van der Waals surface area (Å²) in [5.74, 6) is -0.474. The molecule has 3 unspecified atom stereocenters. The highest BCUT2D eigenvalue weighted by Crippen LogP contribution is 2.45. The van der Waals surface area contributed by atoms with Crippen LogP contribution in [0.3, 0.4) is 0 Å². The van der Waals surface area contributed by atoms with E-state index in [4.69, 9.17) is 37.0 Å². The standard InChI is InChI=1S/C82H160O17P2/c1-7-10-12-14-15-16-17-18-19-20-21-22-23-24-25-33-38-43-48-54-61-67-82(87)99-78(71-93-80(85)65-59-53-47-42-37-32-29-27-31-36-41-46-52-57-63-75(6)9-3)73-97-101(90,91)95-69-76(83)68-94-100(88,89)96-72-77(70-92-79(84)64-58-50-13-11-8-2)98-81(86)66-60-55-49-44-39-34-28-26-30-35-40-45-51-56-62-74(4)5/h74-78,83H,7-73H2,1-6H3,(H,88,89)(H,90,91)/t75?,76-,77+,78+/m0/s1. The maximum atomic E-state index is 13.1. The SMILES string of the molecule is CCCCCCCCCCCCCCCCCCCCCCCC(=O)O[C@H](COC(=O)CCCCCCCCCCCCCCCCC(C)CC)COP(=O)(O)OC[C@@H](O)COP(=O)(O)OC[C@@H](COC(=O)CCCCCCC)OC(=O)CCCCCCCCCCCCCCCCC(C)C. The second-order valence-corrected chi connectivity index (χ2v) is 33.1. The Morgan fingerprint density at radius 1 is 0.287 bits per heavy atom. The van der Waals surface area contributed by atoms with Gasteiger partial charge in [-0.25, -0.2) is 9.13 Å². The fourth-order valence-corrected chi connectivity index (χ4v) is 14.3. The Hall–Kier alpha value is -1.94. The summed E-state index contributed by atoms with van der Waals surface area (Å²) >= 11 is 0. The van der Waals surface area contributed by atoms with E-state index in [1.54, 1.807) is 0 Å². The van der Waals surface area contributed by atoms with Crippen LogP contribution in [0.1, 0.15) is 433 Å². The Morgan fingerprint density at radius 2 is 0.505 bits per heavy atom. The van der Waals surface area contributed by atoms with E-state index in [-0.39, 0.29) is 25.7 Å². The molecule has 101 heavy (non-hydrogen) atoms. The molecule has 0 aromatic rings. The number of ether oxygens (including phenoxy) is 4. The van der Waals surface area contributed by atoms with Crippen LogP contribution in [0.2, 0.25) is 0 Å². The van der Waals surface area contributed by atoms with Crippen LogP contribution in [0.25, 0.3) is 0 Å². The average Bonchev–Trinajstić information content (AvgIpc) is 1.03. The van der Waals surface area contributed by atoms with Gasteiger partial charge >= 0.3 is 39.5 Å². The summed E-state index contributed by atoms with van der Waals surface area (Å²) in [5, 5.41) is 10.6. The predicted octanol–water partition coefficient (Wildman–Crippen LogP) is 24.7.